The lowest BCUT2D eigenvalue weighted by atomic mass is 9.98. The molecule has 1 atom stereocenters. The fourth-order valence-electron chi connectivity index (χ4n) is 4.67. The smallest absolute Gasteiger partial charge is 0.475 e. The van der Waals surface area contributed by atoms with Gasteiger partial charge in [0.1, 0.15) is 0 Å². The fraction of sp³-hybridized carbons (Fsp3) is 0.640. The van der Waals surface area contributed by atoms with Crippen molar-refractivity contribution in [1.29, 1.82) is 0 Å². The minimum Gasteiger partial charge on any atom is -0.475 e. The maximum Gasteiger partial charge on any atom is 0.490 e. The van der Waals surface area contributed by atoms with Crippen molar-refractivity contribution in [3.05, 3.63) is 10.4 Å². The molecule has 0 radical (unpaired) electrons. The number of halogens is 3. The Labute approximate surface area is 223 Å². The number of ether oxygens (including phenoxy) is 1. The van der Waals surface area contributed by atoms with E-state index in [1.807, 2.05) is 16.4 Å². The summed E-state index contributed by atoms with van der Waals surface area (Å²) in [6.07, 6.45) is -0.0110. The van der Waals surface area contributed by atoms with Gasteiger partial charge in [-0.05, 0) is 46.0 Å². The highest BCUT2D eigenvalue weighted by Crippen LogP contribution is 2.26. The molecule has 0 amide bonds. The summed E-state index contributed by atoms with van der Waals surface area (Å²) in [5.74, 6) is 4.18. The van der Waals surface area contributed by atoms with Crippen LogP contribution in [0.3, 0.4) is 0 Å². The average molecular weight is 555 g/mol. The Morgan fingerprint density at radius 1 is 1.08 bits per heavy atom. The number of hydrogen-bond acceptors (Lipinski definition) is 8. The number of carboxylic acids is 1. The number of carboxylic acid groups (broad SMARTS) is 1. The fourth-order valence-corrected chi connectivity index (χ4v) is 4.67. The van der Waals surface area contributed by atoms with Gasteiger partial charge in [0.15, 0.2) is 11.2 Å². The monoisotopic (exact) mass is 554 g/mol. The van der Waals surface area contributed by atoms with Gasteiger partial charge in [0.2, 0.25) is 11.9 Å². The molecule has 4 rings (SSSR count). The van der Waals surface area contributed by atoms with Crippen molar-refractivity contribution in [3.8, 4) is 11.8 Å². The summed E-state index contributed by atoms with van der Waals surface area (Å²) in [4.78, 5) is 48.5. The first-order valence-corrected chi connectivity index (χ1v) is 12.8. The molecule has 39 heavy (non-hydrogen) atoms. The molecule has 1 N–H and O–H groups in total. The third-order valence-electron chi connectivity index (χ3n) is 6.56. The second kappa shape index (κ2) is 12.9. The van der Waals surface area contributed by atoms with E-state index in [-0.39, 0.29) is 17.4 Å². The number of aliphatic carboxylic acids is 1. The number of carbonyl (C=O) groups is 2. The van der Waals surface area contributed by atoms with Crippen LogP contribution in [0.25, 0.3) is 11.2 Å². The molecule has 2 saturated heterocycles. The lowest BCUT2D eigenvalue weighted by Crippen LogP contribution is -2.42. The molecule has 2 fully saturated rings. The lowest BCUT2D eigenvalue weighted by Gasteiger charge is -2.32. The number of imidazole rings is 1. The third kappa shape index (κ3) is 7.01. The van der Waals surface area contributed by atoms with E-state index in [0.29, 0.717) is 36.8 Å². The topological polar surface area (TPSA) is 123 Å². The van der Waals surface area contributed by atoms with Gasteiger partial charge in [-0.15, -0.1) is 5.92 Å². The molecule has 14 heteroatoms. The zero-order valence-electron chi connectivity index (χ0n) is 22.3. The van der Waals surface area contributed by atoms with Crippen molar-refractivity contribution >= 4 is 35.0 Å². The van der Waals surface area contributed by atoms with Gasteiger partial charge in [-0.1, -0.05) is 5.92 Å². The number of fused-ring (bicyclic) bond motifs is 1. The van der Waals surface area contributed by atoms with Gasteiger partial charge in [-0.25, -0.2) is 4.79 Å². The van der Waals surface area contributed by atoms with E-state index in [0.717, 1.165) is 51.3 Å². The van der Waals surface area contributed by atoms with Gasteiger partial charge in [0, 0.05) is 33.2 Å². The van der Waals surface area contributed by atoms with E-state index in [1.54, 1.807) is 18.5 Å². The Kier molecular flexibility index (Phi) is 9.82. The van der Waals surface area contributed by atoms with Crippen LogP contribution in [0.4, 0.5) is 25.1 Å². The number of aromatic nitrogens is 4. The summed E-state index contributed by atoms with van der Waals surface area (Å²) in [6.45, 7) is 7.46. The van der Waals surface area contributed by atoms with Crippen molar-refractivity contribution in [3.63, 3.8) is 0 Å². The summed E-state index contributed by atoms with van der Waals surface area (Å²) in [5, 5.41) is 7.12. The Balaban J connectivity index is 0.000000532. The molecule has 0 aliphatic carbocycles. The summed E-state index contributed by atoms with van der Waals surface area (Å²) in [7, 11) is 1.74. The first-order valence-electron chi connectivity index (χ1n) is 12.8. The highest BCUT2D eigenvalue weighted by Gasteiger charge is 2.38. The molecule has 0 bridgehead atoms. The molecule has 0 aromatic carbocycles. The van der Waals surface area contributed by atoms with Gasteiger partial charge in [-0.3, -0.25) is 18.7 Å². The molecular formula is C25H33F3N6O5. The molecule has 214 valence electrons. The number of nitrogens with zero attached hydrogens (tertiary/aromatic N) is 6. The van der Waals surface area contributed by atoms with Crippen LogP contribution in [0.2, 0.25) is 0 Å². The first kappa shape index (κ1) is 29.8. The predicted molar refractivity (Wildman–Crippen MR) is 138 cm³/mol. The second-order valence-electron chi connectivity index (χ2n) is 9.26. The van der Waals surface area contributed by atoms with Crippen molar-refractivity contribution in [2.24, 2.45) is 13.0 Å². The minimum atomic E-state index is -5.08. The Morgan fingerprint density at radius 3 is 2.28 bits per heavy atom. The van der Waals surface area contributed by atoms with Crippen LogP contribution in [-0.2, 0) is 27.9 Å². The van der Waals surface area contributed by atoms with Gasteiger partial charge < -0.3 is 19.6 Å². The maximum absolute atomic E-state index is 13.5. The summed E-state index contributed by atoms with van der Waals surface area (Å²) in [6, 6.07) is 0. The standard InChI is InChI=1S/C23H32N6O3.C2HF3O2/c1-4-6-15-29-18-19(25-23(29)27-12-8-7-9-13-27)24-22(26(3)20(18)30)28-14-10-11-17(16-28)21(31)32-5-2;3-2(4,5)1(6)7/h17H,5,7-16H2,1-3H3;(H,6,7)/t17-;/m1./s1. The van der Waals surface area contributed by atoms with E-state index in [1.165, 1.54) is 6.42 Å². The van der Waals surface area contributed by atoms with Gasteiger partial charge in [0.05, 0.1) is 19.1 Å². The molecule has 0 saturated carbocycles. The maximum atomic E-state index is 13.5. The van der Waals surface area contributed by atoms with Gasteiger partial charge >= 0.3 is 18.1 Å². The number of esters is 1. The Hall–Kier alpha value is -3.76. The first-order chi connectivity index (χ1) is 18.5. The molecule has 2 aliphatic heterocycles. The molecule has 11 nitrogen and oxygen atoms in total. The highest BCUT2D eigenvalue weighted by molar-refractivity contribution is 5.77. The predicted octanol–water partition coefficient (Wildman–Crippen LogP) is 2.56. The van der Waals surface area contributed by atoms with E-state index in [2.05, 4.69) is 16.7 Å². The van der Waals surface area contributed by atoms with Crippen LogP contribution in [0.1, 0.15) is 46.0 Å². The number of anilines is 2. The van der Waals surface area contributed by atoms with Crippen molar-refractivity contribution in [2.75, 3.05) is 42.6 Å². The lowest BCUT2D eigenvalue weighted by molar-refractivity contribution is -0.192. The van der Waals surface area contributed by atoms with Crippen molar-refractivity contribution < 1.29 is 32.6 Å². The molecule has 0 unspecified atom stereocenters. The molecule has 2 aromatic rings. The number of alkyl halides is 3. The number of hydrogen-bond donors (Lipinski definition) is 1. The molecule has 2 aromatic heterocycles. The van der Waals surface area contributed by atoms with Crippen LogP contribution in [0.15, 0.2) is 4.79 Å². The zero-order chi connectivity index (χ0) is 28.7. The normalized spacial score (nSPS) is 17.6. The highest BCUT2D eigenvalue weighted by atomic mass is 19.4. The van der Waals surface area contributed by atoms with Crippen LogP contribution in [-0.4, -0.2) is 75.1 Å². The minimum absolute atomic E-state index is 0.142. The quantitative estimate of drug-likeness (QED) is 0.439. The third-order valence-corrected chi connectivity index (χ3v) is 6.56. The van der Waals surface area contributed by atoms with Crippen LogP contribution in [0.5, 0.6) is 0 Å². The summed E-state index contributed by atoms with van der Waals surface area (Å²) >= 11 is 0. The average Bonchev–Trinajstić information content (AvgIpc) is 3.28. The van der Waals surface area contributed by atoms with Gasteiger partial charge in [-0.2, -0.15) is 23.1 Å². The number of piperidine rings is 2. The Morgan fingerprint density at radius 2 is 1.69 bits per heavy atom. The van der Waals surface area contributed by atoms with Crippen LogP contribution in [0, 0.1) is 17.8 Å². The van der Waals surface area contributed by atoms with E-state index in [4.69, 9.17) is 24.6 Å². The number of rotatable bonds is 5. The van der Waals surface area contributed by atoms with Crippen molar-refractivity contribution in [2.45, 2.75) is 58.7 Å². The van der Waals surface area contributed by atoms with Gasteiger partial charge in [0.25, 0.3) is 5.56 Å². The summed E-state index contributed by atoms with van der Waals surface area (Å²) < 4.78 is 40.4. The Bertz CT molecular complexity index is 1300. The number of carbonyl (C=O) groups excluding carboxylic acids is 1. The van der Waals surface area contributed by atoms with Crippen molar-refractivity contribution in [1.82, 2.24) is 19.1 Å². The molecule has 2 aliphatic rings. The molecular weight excluding hydrogens is 521 g/mol. The SMILES string of the molecule is CC#CCn1c(N2CCCCC2)nc2nc(N3CCC[C@@H](C(=O)OCC)C3)n(C)c(=O)c21.O=C(O)C(F)(F)F. The van der Waals surface area contributed by atoms with E-state index in [9.17, 15) is 22.8 Å². The van der Waals surface area contributed by atoms with Crippen LogP contribution < -0.4 is 15.4 Å². The zero-order valence-corrected chi connectivity index (χ0v) is 22.3. The molecule has 0 spiro atoms. The van der Waals surface area contributed by atoms with E-state index >= 15 is 0 Å². The molecule has 4 heterocycles. The largest absolute Gasteiger partial charge is 0.490 e. The van der Waals surface area contributed by atoms with Crippen LogP contribution >= 0.6 is 0 Å². The summed E-state index contributed by atoms with van der Waals surface area (Å²) in [5.41, 5.74) is 0.787. The van der Waals surface area contributed by atoms with E-state index < -0.39 is 12.1 Å². The second-order valence-corrected chi connectivity index (χ2v) is 9.26.